The van der Waals surface area contributed by atoms with Gasteiger partial charge in [-0.15, -0.1) is 0 Å². The molecule has 7 amide bonds. The van der Waals surface area contributed by atoms with Gasteiger partial charge < -0.3 is 55.7 Å². The normalized spacial score (nSPS) is 16.5. The molecule has 0 radical (unpaired) electrons. The average Bonchev–Trinajstić information content (AvgIpc) is 3.73. The lowest BCUT2D eigenvalue weighted by molar-refractivity contribution is -0.156. The molecular weight excluding hydrogens is 927 g/mol. The zero-order valence-corrected chi connectivity index (χ0v) is 44.8. The van der Waals surface area contributed by atoms with Crippen molar-refractivity contribution in [3.05, 3.63) is 0 Å². The van der Waals surface area contributed by atoms with Gasteiger partial charge in [-0.1, -0.05) is 41.0 Å². The highest BCUT2D eigenvalue weighted by molar-refractivity contribution is 6.38. The third-order valence-electron chi connectivity index (χ3n) is 10.7. The molecule has 22 heteroatoms. The molecule has 0 aromatic rings. The number of ether oxygens (including phenoxy) is 4. The second-order valence-corrected chi connectivity index (χ2v) is 21.4. The van der Waals surface area contributed by atoms with E-state index in [1.807, 2.05) is 0 Å². The number of carbonyl (C=O) groups is 11. The number of esters is 3. The average molecular weight is 1010 g/mol. The standard InChI is InChI=1S/C49H83N7O15/c1-17-19-30(39(60)44(65)53-33(46(67)68-16)26-69-47(7,8)9)51-42(63)34-20-18-25-56(34)45(66)38(28(4)5)55-43(64)37(27(2)3)54-41(62)32(22-24-36(59)71-49(13,14)15)52-40(61)31(50-29(6)57)21-23-35(58)70-48(10,11)12/h27-28,30-34,37-38H,17-26H2,1-16H3,(H,50,57)(H,51,63)(H,52,61)(H,53,65)(H,54,62)(H,55,64)/t30-,31-,32-,33-,34-,37-,38-/m0/s1. The van der Waals surface area contributed by atoms with Crippen LogP contribution in [0.2, 0.25) is 0 Å². The van der Waals surface area contributed by atoms with Crippen LogP contribution in [-0.4, -0.2) is 149 Å². The molecule has 0 aromatic heterocycles. The number of hydrogen-bond acceptors (Lipinski definition) is 15. The van der Waals surface area contributed by atoms with Gasteiger partial charge in [0.2, 0.25) is 41.2 Å². The molecule has 0 saturated carbocycles. The van der Waals surface area contributed by atoms with Crippen LogP contribution in [-0.2, 0) is 71.7 Å². The van der Waals surface area contributed by atoms with E-state index < -0.39 is 136 Å². The van der Waals surface area contributed by atoms with Gasteiger partial charge in [-0.05, 0) is 106 Å². The fraction of sp³-hybridized carbons (Fsp3) is 0.776. The summed E-state index contributed by atoms with van der Waals surface area (Å²) in [6.07, 6.45) is -0.0423. The number of Topliss-reactive ketones (excluding diaryl/α,β-unsaturated/α-hetero) is 1. The number of methoxy groups -OCH3 is 1. The Labute approximate surface area is 419 Å². The minimum atomic E-state index is -1.46. The van der Waals surface area contributed by atoms with E-state index >= 15 is 0 Å². The van der Waals surface area contributed by atoms with Gasteiger partial charge in [-0.3, -0.25) is 47.9 Å². The summed E-state index contributed by atoms with van der Waals surface area (Å²) in [5.41, 5.74) is -2.36. The lowest BCUT2D eigenvalue weighted by atomic mass is 9.98. The Morgan fingerprint density at radius 1 is 0.592 bits per heavy atom. The summed E-state index contributed by atoms with van der Waals surface area (Å²) in [5, 5.41) is 15.4. The number of carbonyl (C=O) groups excluding carboxylic acids is 11. The van der Waals surface area contributed by atoms with Gasteiger partial charge in [-0.2, -0.15) is 0 Å². The van der Waals surface area contributed by atoms with Crippen molar-refractivity contribution in [2.24, 2.45) is 11.8 Å². The molecule has 1 aliphatic rings. The Hall–Kier alpha value is -5.67. The summed E-state index contributed by atoms with van der Waals surface area (Å²) < 4.78 is 21.2. The van der Waals surface area contributed by atoms with Crippen LogP contribution in [0.1, 0.15) is 155 Å². The molecule has 404 valence electrons. The maximum absolute atomic E-state index is 14.3. The van der Waals surface area contributed by atoms with Crippen LogP contribution >= 0.6 is 0 Å². The molecule has 1 saturated heterocycles. The Morgan fingerprint density at radius 3 is 1.54 bits per heavy atom. The van der Waals surface area contributed by atoms with Crippen molar-refractivity contribution in [3.8, 4) is 0 Å². The summed E-state index contributed by atoms with van der Waals surface area (Å²) >= 11 is 0. The van der Waals surface area contributed by atoms with Crippen molar-refractivity contribution >= 4 is 65.0 Å². The Bertz CT molecular complexity index is 1900. The van der Waals surface area contributed by atoms with E-state index in [2.05, 4.69) is 31.9 Å². The van der Waals surface area contributed by atoms with E-state index in [9.17, 15) is 52.7 Å². The predicted octanol–water partition coefficient (Wildman–Crippen LogP) is 1.82. The molecule has 22 nitrogen and oxygen atoms in total. The molecule has 71 heavy (non-hydrogen) atoms. The lowest BCUT2D eigenvalue weighted by Crippen LogP contribution is -2.61. The van der Waals surface area contributed by atoms with Crippen molar-refractivity contribution in [1.82, 2.24) is 36.8 Å². The quantitative estimate of drug-likeness (QED) is 0.0409. The molecular formula is C49H83N7O15. The smallest absolute Gasteiger partial charge is 0.330 e. The molecule has 1 heterocycles. The number of hydrogen-bond donors (Lipinski definition) is 6. The van der Waals surface area contributed by atoms with Crippen LogP contribution in [0, 0.1) is 11.8 Å². The van der Waals surface area contributed by atoms with Gasteiger partial charge in [0.15, 0.2) is 6.04 Å². The Morgan fingerprint density at radius 2 is 1.08 bits per heavy atom. The minimum absolute atomic E-state index is 0.0581. The van der Waals surface area contributed by atoms with Gasteiger partial charge in [-0.25, -0.2) is 4.79 Å². The van der Waals surface area contributed by atoms with Crippen molar-refractivity contribution in [1.29, 1.82) is 0 Å². The van der Waals surface area contributed by atoms with Crippen LogP contribution in [0.4, 0.5) is 0 Å². The van der Waals surface area contributed by atoms with E-state index in [-0.39, 0.29) is 51.7 Å². The highest BCUT2D eigenvalue weighted by Gasteiger charge is 2.42. The molecule has 0 aromatic carbocycles. The van der Waals surface area contributed by atoms with Crippen LogP contribution in [0.25, 0.3) is 0 Å². The summed E-state index contributed by atoms with van der Waals surface area (Å²) in [6, 6.07) is -8.98. The summed E-state index contributed by atoms with van der Waals surface area (Å²) in [6.45, 7) is 24.6. The van der Waals surface area contributed by atoms with Gasteiger partial charge in [0.1, 0.15) is 41.4 Å². The third-order valence-corrected chi connectivity index (χ3v) is 10.7. The highest BCUT2D eigenvalue weighted by atomic mass is 16.6. The van der Waals surface area contributed by atoms with E-state index in [0.29, 0.717) is 12.8 Å². The highest BCUT2D eigenvalue weighted by Crippen LogP contribution is 2.22. The van der Waals surface area contributed by atoms with Crippen LogP contribution < -0.4 is 31.9 Å². The SMILES string of the molecule is CCC[C@H](NC(=O)[C@@H]1CCCN1C(=O)[C@@H](NC(=O)[C@@H](NC(=O)[C@H](CCC(=O)OC(C)(C)C)NC(=O)[C@H](CCC(=O)OC(C)(C)C)NC(C)=O)C(C)C)C(C)C)C(=O)C(=O)N[C@@H](COC(C)(C)C)C(=O)OC. The fourth-order valence-electron chi connectivity index (χ4n) is 7.25. The molecule has 7 atom stereocenters. The molecule has 0 unspecified atom stereocenters. The number of likely N-dealkylation sites (tertiary alicyclic amines) is 1. The molecule has 0 bridgehead atoms. The zero-order valence-electron chi connectivity index (χ0n) is 44.8. The molecule has 1 aliphatic heterocycles. The van der Waals surface area contributed by atoms with Crippen molar-refractivity contribution in [2.45, 2.75) is 214 Å². The van der Waals surface area contributed by atoms with Crippen molar-refractivity contribution in [2.75, 3.05) is 20.3 Å². The molecule has 0 aliphatic carbocycles. The topological polar surface area (TPSA) is 300 Å². The minimum Gasteiger partial charge on any atom is -0.467 e. The molecule has 1 fully saturated rings. The Kier molecular flexibility index (Phi) is 25.3. The number of ketones is 1. The molecule has 1 rings (SSSR count). The van der Waals surface area contributed by atoms with Gasteiger partial charge in [0.25, 0.3) is 5.91 Å². The number of rotatable bonds is 26. The van der Waals surface area contributed by atoms with Crippen molar-refractivity contribution in [3.63, 3.8) is 0 Å². The van der Waals surface area contributed by atoms with E-state index in [1.165, 1.54) is 11.8 Å². The Balaban J connectivity index is 3.37. The van der Waals surface area contributed by atoms with E-state index in [4.69, 9.17) is 18.9 Å². The van der Waals surface area contributed by atoms with Gasteiger partial charge in [0.05, 0.1) is 25.4 Å². The fourth-order valence-corrected chi connectivity index (χ4v) is 7.25. The van der Waals surface area contributed by atoms with Crippen molar-refractivity contribution < 1.29 is 71.7 Å². The van der Waals surface area contributed by atoms with E-state index in [0.717, 1.165) is 7.11 Å². The first-order chi connectivity index (χ1) is 32.6. The molecule has 6 N–H and O–H groups in total. The first-order valence-corrected chi connectivity index (χ1v) is 24.4. The summed E-state index contributed by atoms with van der Waals surface area (Å²) in [4.78, 5) is 148. The van der Waals surface area contributed by atoms with E-state index in [1.54, 1.807) is 96.9 Å². The lowest BCUT2D eigenvalue weighted by Gasteiger charge is -2.33. The first-order valence-electron chi connectivity index (χ1n) is 24.4. The monoisotopic (exact) mass is 1010 g/mol. The van der Waals surface area contributed by atoms with Crippen LogP contribution in [0.15, 0.2) is 0 Å². The second kappa shape index (κ2) is 28.4. The van der Waals surface area contributed by atoms with Gasteiger partial charge in [0, 0.05) is 26.3 Å². The third kappa shape index (κ3) is 23.4. The maximum atomic E-state index is 14.3. The van der Waals surface area contributed by atoms with Crippen LogP contribution in [0.3, 0.4) is 0 Å². The number of nitrogens with one attached hydrogen (secondary N) is 6. The maximum Gasteiger partial charge on any atom is 0.330 e. The first kappa shape index (κ1) is 63.3. The van der Waals surface area contributed by atoms with Crippen LogP contribution in [0.5, 0.6) is 0 Å². The summed E-state index contributed by atoms with van der Waals surface area (Å²) in [7, 11) is 1.12. The largest absolute Gasteiger partial charge is 0.467 e. The predicted molar refractivity (Wildman–Crippen MR) is 259 cm³/mol. The molecule has 0 spiro atoms. The number of nitrogens with zero attached hydrogens (tertiary/aromatic N) is 1. The second-order valence-electron chi connectivity index (χ2n) is 21.4. The van der Waals surface area contributed by atoms with Gasteiger partial charge >= 0.3 is 17.9 Å². The zero-order chi connectivity index (χ0) is 54.8. The summed E-state index contributed by atoms with van der Waals surface area (Å²) in [5.74, 6) is -9.89. The number of amides is 7.